The standard InChI is InChI=1S/C12H19NO2S/c1-4-16(14,15)8-12(13)11-6-5-9(2)7-10(11)3/h5-7,12H,4,8,13H2,1-3H3. The third kappa shape index (κ3) is 3.32. The van der Waals surface area contributed by atoms with Crippen LogP contribution >= 0.6 is 0 Å². The summed E-state index contributed by atoms with van der Waals surface area (Å²) in [5, 5.41) is 0. The van der Waals surface area contributed by atoms with Crippen LogP contribution < -0.4 is 5.73 Å². The maximum Gasteiger partial charge on any atom is 0.151 e. The van der Waals surface area contributed by atoms with Crippen molar-refractivity contribution in [3.63, 3.8) is 0 Å². The second-order valence-electron chi connectivity index (χ2n) is 4.17. The van der Waals surface area contributed by atoms with E-state index in [4.69, 9.17) is 5.73 Å². The lowest BCUT2D eigenvalue weighted by Crippen LogP contribution is -2.23. The molecule has 0 fully saturated rings. The average Bonchev–Trinajstić information content (AvgIpc) is 2.16. The molecular weight excluding hydrogens is 222 g/mol. The Kier molecular flexibility index (Phi) is 4.10. The van der Waals surface area contributed by atoms with Gasteiger partial charge in [0.1, 0.15) is 0 Å². The molecule has 0 bridgehead atoms. The Morgan fingerprint density at radius 3 is 2.44 bits per heavy atom. The minimum atomic E-state index is -3.02. The van der Waals surface area contributed by atoms with Gasteiger partial charge >= 0.3 is 0 Å². The molecule has 16 heavy (non-hydrogen) atoms. The first-order valence-electron chi connectivity index (χ1n) is 5.39. The predicted octanol–water partition coefficient (Wildman–Crippen LogP) is 1.74. The van der Waals surface area contributed by atoms with Crippen molar-refractivity contribution in [3.8, 4) is 0 Å². The van der Waals surface area contributed by atoms with Crippen molar-refractivity contribution in [1.29, 1.82) is 0 Å². The molecular formula is C12H19NO2S. The van der Waals surface area contributed by atoms with Gasteiger partial charge in [-0.25, -0.2) is 8.42 Å². The summed E-state index contributed by atoms with van der Waals surface area (Å²) in [6.07, 6.45) is 0. The topological polar surface area (TPSA) is 60.2 Å². The van der Waals surface area contributed by atoms with Crippen molar-refractivity contribution in [1.82, 2.24) is 0 Å². The molecule has 3 nitrogen and oxygen atoms in total. The fraction of sp³-hybridized carbons (Fsp3) is 0.500. The highest BCUT2D eigenvalue weighted by molar-refractivity contribution is 7.91. The molecule has 0 saturated heterocycles. The van der Waals surface area contributed by atoms with Crippen LogP contribution in [0.5, 0.6) is 0 Å². The highest BCUT2D eigenvalue weighted by Crippen LogP contribution is 2.18. The van der Waals surface area contributed by atoms with E-state index in [0.29, 0.717) is 0 Å². The van der Waals surface area contributed by atoms with Crippen LogP contribution in [0.4, 0.5) is 0 Å². The molecule has 90 valence electrons. The second-order valence-corrected chi connectivity index (χ2v) is 6.56. The molecule has 0 aliphatic heterocycles. The molecule has 1 aromatic rings. The number of aryl methyl sites for hydroxylation is 2. The summed E-state index contributed by atoms with van der Waals surface area (Å²) in [5.74, 6) is 0.166. The Morgan fingerprint density at radius 2 is 1.94 bits per heavy atom. The molecule has 2 N–H and O–H groups in total. The number of rotatable bonds is 4. The van der Waals surface area contributed by atoms with E-state index in [1.807, 2.05) is 32.0 Å². The highest BCUT2D eigenvalue weighted by atomic mass is 32.2. The van der Waals surface area contributed by atoms with Gasteiger partial charge in [-0.2, -0.15) is 0 Å². The molecule has 0 amide bonds. The van der Waals surface area contributed by atoms with Crippen LogP contribution in [0.3, 0.4) is 0 Å². The van der Waals surface area contributed by atoms with E-state index >= 15 is 0 Å². The lowest BCUT2D eigenvalue weighted by atomic mass is 10.0. The molecule has 1 aromatic carbocycles. The van der Waals surface area contributed by atoms with Gasteiger partial charge in [-0.1, -0.05) is 30.7 Å². The number of hydrogen-bond donors (Lipinski definition) is 1. The zero-order chi connectivity index (χ0) is 12.3. The molecule has 1 atom stereocenters. The molecule has 4 heteroatoms. The van der Waals surface area contributed by atoms with E-state index in [0.717, 1.165) is 16.7 Å². The van der Waals surface area contributed by atoms with Crippen molar-refractivity contribution in [2.45, 2.75) is 26.8 Å². The molecule has 1 rings (SSSR count). The molecule has 0 aliphatic carbocycles. The minimum absolute atomic E-state index is 0.0212. The van der Waals surface area contributed by atoms with E-state index in [2.05, 4.69) is 0 Å². The van der Waals surface area contributed by atoms with Gasteiger partial charge in [0, 0.05) is 11.8 Å². The van der Waals surface area contributed by atoms with Crippen molar-refractivity contribution in [3.05, 3.63) is 34.9 Å². The van der Waals surface area contributed by atoms with Gasteiger partial charge in [-0.3, -0.25) is 0 Å². The summed E-state index contributed by atoms with van der Waals surface area (Å²) < 4.78 is 23.0. The summed E-state index contributed by atoms with van der Waals surface area (Å²) >= 11 is 0. The summed E-state index contributed by atoms with van der Waals surface area (Å²) in [6.45, 7) is 5.61. The smallest absolute Gasteiger partial charge is 0.151 e. The van der Waals surface area contributed by atoms with Gasteiger partial charge < -0.3 is 5.73 Å². The third-order valence-electron chi connectivity index (χ3n) is 2.70. The molecule has 0 saturated carbocycles. The van der Waals surface area contributed by atoms with Gasteiger partial charge in [-0.05, 0) is 25.0 Å². The van der Waals surface area contributed by atoms with E-state index in [9.17, 15) is 8.42 Å². The zero-order valence-electron chi connectivity index (χ0n) is 10.0. The molecule has 0 aliphatic rings. The maximum atomic E-state index is 11.5. The summed E-state index contributed by atoms with van der Waals surface area (Å²) in [5.41, 5.74) is 9.06. The third-order valence-corrected chi connectivity index (χ3v) is 4.44. The van der Waals surface area contributed by atoms with Crippen LogP contribution in [0.15, 0.2) is 18.2 Å². The number of hydrogen-bond acceptors (Lipinski definition) is 3. The average molecular weight is 241 g/mol. The number of benzene rings is 1. The monoisotopic (exact) mass is 241 g/mol. The highest BCUT2D eigenvalue weighted by Gasteiger charge is 2.17. The molecule has 0 spiro atoms. The maximum absolute atomic E-state index is 11.5. The molecule has 0 radical (unpaired) electrons. The van der Waals surface area contributed by atoms with Crippen LogP contribution in [0.2, 0.25) is 0 Å². The fourth-order valence-electron chi connectivity index (χ4n) is 1.72. The second kappa shape index (κ2) is 4.97. The van der Waals surface area contributed by atoms with Crippen LogP contribution in [0, 0.1) is 13.8 Å². The van der Waals surface area contributed by atoms with E-state index < -0.39 is 15.9 Å². The van der Waals surface area contributed by atoms with E-state index in [1.165, 1.54) is 0 Å². The zero-order valence-corrected chi connectivity index (χ0v) is 10.8. The van der Waals surface area contributed by atoms with Crippen molar-refractivity contribution < 1.29 is 8.42 Å². The lowest BCUT2D eigenvalue weighted by Gasteiger charge is -2.15. The van der Waals surface area contributed by atoms with Crippen LogP contribution in [-0.2, 0) is 9.84 Å². The first-order valence-corrected chi connectivity index (χ1v) is 7.21. The summed E-state index contributed by atoms with van der Waals surface area (Å²) in [6, 6.07) is 5.47. The lowest BCUT2D eigenvalue weighted by molar-refractivity contribution is 0.590. The number of sulfone groups is 1. The Balaban J connectivity index is 2.93. The van der Waals surface area contributed by atoms with Crippen LogP contribution in [0.1, 0.15) is 29.7 Å². The van der Waals surface area contributed by atoms with Gasteiger partial charge in [0.25, 0.3) is 0 Å². The predicted molar refractivity (Wildman–Crippen MR) is 67.2 cm³/mol. The Morgan fingerprint density at radius 1 is 1.31 bits per heavy atom. The van der Waals surface area contributed by atoms with Gasteiger partial charge in [0.15, 0.2) is 9.84 Å². The van der Waals surface area contributed by atoms with Gasteiger partial charge in [-0.15, -0.1) is 0 Å². The largest absolute Gasteiger partial charge is 0.323 e. The minimum Gasteiger partial charge on any atom is -0.323 e. The summed E-state index contributed by atoms with van der Waals surface area (Å²) in [4.78, 5) is 0. The SMILES string of the molecule is CCS(=O)(=O)CC(N)c1ccc(C)cc1C. The molecule has 1 unspecified atom stereocenters. The van der Waals surface area contributed by atoms with E-state index in [1.54, 1.807) is 6.92 Å². The van der Waals surface area contributed by atoms with Gasteiger partial charge in [0.05, 0.1) is 5.75 Å². The van der Waals surface area contributed by atoms with Crippen molar-refractivity contribution >= 4 is 9.84 Å². The normalized spacial score (nSPS) is 13.8. The fourth-order valence-corrected chi connectivity index (χ4v) is 2.69. The number of nitrogens with two attached hydrogens (primary N) is 1. The van der Waals surface area contributed by atoms with Crippen LogP contribution in [0.25, 0.3) is 0 Å². The van der Waals surface area contributed by atoms with E-state index in [-0.39, 0.29) is 11.5 Å². The molecule has 0 aromatic heterocycles. The Labute approximate surface area is 97.6 Å². The first kappa shape index (κ1) is 13.2. The Hall–Kier alpha value is -0.870. The first-order chi connectivity index (χ1) is 7.35. The summed E-state index contributed by atoms with van der Waals surface area (Å²) in [7, 11) is -3.02. The Bertz CT molecular complexity index is 466. The van der Waals surface area contributed by atoms with Crippen LogP contribution in [-0.4, -0.2) is 19.9 Å². The molecule has 0 heterocycles. The van der Waals surface area contributed by atoms with Crippen molar-refractivity contribution in [2.75, 3.05) is 11.5 Å². The quantitative estimate of drug-likeness (QED) is 0.873. The van der Waals surface area contributed by atoms with Crippen molar-refractivity contribution in [2.24, 2.45) is 5.73 Å². The van der Waals surface area contributed by atoms with Gasteiger partial charge in [0.2, 0.25) is 0 Å².